The molecule has 22 heteroatoms. The van der Waals surface area contributed by atoms with Crippen molar-refractivity contribution in [2.75, 3.05) is 0 Å². The molecule has 0 unspecified atom stereocenters. The van der Waals surface area contributed by atoms with Crippen LogP contribution in [0.4, 0.5) is 43.9 Å². The van der Waals surface area contributed by atoms with E-state index < -0.39 is 74.9 Å². The maximum Gasteiger partial charge on any atom is 0.186 e. The molecule has 9 heterocycles. The van der Waals surface area contributed by atoms with Gasteiger partial charge in [0, 0.05) is 73.3 Å². The van der Waals surface area contributed by atoms with Crippen molar-refractivity contribution in [1.82, 2.24) is 58.6 Å². The van der Waals surface area contributed by atoms with Crippen LogP contribution in [0.15, 0.2) is 340 Å². The molecule has 0 fully saturated rings. The molecule has 12 nitrogen and oxygen atoms in total. The number of hydrogen-bond acceptors (Lipinski definition) is 9. The number of rotatable bonds is 12. The van der Waals surface area contributed by atoms with Crippen molar-refractivity contribution in [2.45, 2.75) is 0 Å². The molecular formula is C99H56F10N12. The topological polar surface area (TPSA) is 131 Å². The van der Waals surface area contributed by atoms with Crippen LogP contribution in [0.2, 0.25) is 0 Å². The van der Waals surface area contributed by atoms with Gasteiger partial charge < -0.3 is 13.7 Å². The van der Waals surface area contributed by atoms with E-state index in [4.69, 9.17) is 4.98 Å². The molecule has 9 aromatic heterocycles. The smallest absolute Gasteiger partial charge is 0.186 e. The zero-order chi connectivity index (χ0) is 82.5. The molecule has 582 valence electrons. The number of aromatic nitrogens is 12. The molecule has 0 saturated carbocycles. The Bertz CT molecular complexity index is 6870. The molecule has 0 radical (unpaired) electrons. The van der Waals surface area contributed by atoms with Gasteiger partial charge in [0.2, 0.25) is 0 Å². The highest BCUT2D eigenvalue weighted by molar-refractivity contribution is 6.11. The summed E-state index contributed by atoms with van der Waals surface area (Å²) in [5, 5.41) is 4.09. The summed E-state index contributed by atoms with van der Waals surface area (Å²) < 4.78 is 160. The van der Waals surface area contributed by atoms with E-state index in [1.807, 2.05) is 65.2 Å². The summed E-state index contributed by atoms with van der Waals surface area (Å²) in [5.41, 5.74) is 7.64. The second-order valence-electron chi connectivity index (χ2n) is 28.0. The standard InChI is InChI=1S/C34H21F2N3.C33H18F4N4.C32H17F4N5/c35-25-11-15-33-28(20-25)29-21-26(36)12-16-34(29)39(33)27-13-9-22(10-14-27)24-18-31(23-6-2-1-3-7-23)38-32(19-24)30-8-4-5-17-37-30;34-28-27(24-18-23(22-14-8-9-17-38-22)39-33(40-24)19-10-2-1-3-11-19)29(35)31(37)32(30(28)36)41-25-15-6-4-12-20(25)21-13-5-7-16-26(21)41;33-25-24(32-39-30(18-10-2-1-3-11-18)38-31(40-32)21-14-8-9-17-37-21)26(34)28(36)29(27(25)35)41-22-15-6-4-12-19(22)20-13-5-7-16-23(20)41/h1-21H;1-18H;1-17H. The van der Waals surface area contributed by atoms with Crippen LogP contribution in [0.3, 0.4) is 0 Å². The molecule has 21 rings (SSSR count). The van der Waals surface area contributed by atoms with Crippen molar-refractivity contribution in [1.29, 1.82) is 0 Å². The quantitative estimate of drug-likeness (QED) is 0.0866. The Balaban J connectivity index is 0.000000120. The Morgan fingerprint density at radius 1 is 0.190 bits per heavy atom. The normalized spacial score (nSPS) is 11.4. The SMILES string of the molecule is Fc1c(F)c(-n2c3ccccc3c3ccccc32)c(F)c(F)c1-c1cc(-c2ccccn2)nc(-c2ccccc2)n1.Fc1c(F)c(-n2c3ccccc3c3ccccc32)c(F)c(F)c1-c1nc(-c2ccccc2)nc(-c2ccccn2)n1.Fc1ccc2c(c1)c1cc(F)ccc1n2-c1ccc(-c2cc(-c3ccccc3)nc(-c3ccccn3)c2)cc1. The third kappa shape index (κ3) is 13.8. The minimum atomic E-state index is -1.63. The molecule has 121 heavy (non-hydrogen) atoms. The van der Waals surface area contributed by atoms with Crippen molar-refractivity contribution < 1.29 is 43.9 Å². The summed E-state index contributed by atoms with van der Waals surface area (Å²) >= 11 is 0. The van der Waals surface area contributed by atoms with Crippen LogP contribution >= 0.6 is 0 Å². The van der Waals surface area contributed by atoms with Crippen molar-refractivity contribution in [3.05, 3.63) is 398 Å². The number of halogens is 10. The minimum Gasteiger partial charge on any atom is -0.309 e. The van der Waals surface area contributed by atoms with Crippen molar-refractivity contribution in [2.24, 2.45) is 0 Å². The van der Waals surface area contributed by atoms with Gasteiger partial charge in [0.05, 0.1) is 78.4 Å². The molecule has 0 amide bonds. The second-order valence-corrected chi connectivity index (χ2v) is 28.0. The fourth-order valence-corrected chi connectivity index (χ4v) is 15.3. The Kier molecular flexibility index (Phi) is 19.6. The van der Waals surface area contributed by atoms with Crippen LogP contribution in [0.25, 0.3) is 185 Å². The maximum atomic E-state index is 16.0. The van der Waals surface area contributed by atoms with Gasteiger partial charge in [-0.25, -0.2) is 73.8 Å². The Morgan fingerprint density at radius 3 is 0.992 bits per heavy atom. The number of para-hydroxylation sites is 4. The number of benzene rings is 12. The van der Waals surface area contributed by atoms with Gasteiger partial charge in [-0.1, -0.05) is 194 Å². The summed E-state index contributed by atoms with van der Waals surface area (Å²) in [6, 6.07) is 93.8. The number of hydrogen-bond donors (Lipinski definition) is 0. The van der Waals surface area contributed by atoms with Crippen LogP contribution < -0.4 is 0 Å². The summed E-state index contributed by atoms with van der Waals surface area (Å²) in [5.74, 6) is -13.7. The predicted octanol–water partition coefficient (Wildman–Crippen LogP) is 25.3. The molecule has 0 aliphatic carbocycles. The van der Waals surface area contributed by atoms with Gasteiger partial charge in [-0.2, -0.15) is 0 Å². The van der Waals surface area contributed by atoms with E-state index in [1.54, 1.807) is 219 Å². The highest BCUT2D eigenvalue weighted by Gasteiger charge is 2.34. The predicted molar refractivity (Wildman–Crippen MR) is 451 cm³/mol. The first-order chi connectivity index (χ1) is 59.2. The van der Waals surface area contributed by atoms with Gasteiger partial charge in [-0.3, -0.25) is 15.0 Å². The lowest BCUT2D eigenvalue weighted by molar-refractivity contribution is 0.453. The highest BCUT2D eigenvalue weighted by Crippen LogP contribution is 2.43. The third-order valence-electron chi connectivity index (χ3n) is 20.8. The van der Waals surface area contributed by atoms with E-state index in [1.165, 1.54) is 45.7 Å². The molecule has 0 N–H and O–H groups in total. The lowest BCUT2D eigenvalue weighted by Gasteiger charge is -2.15. The van der Waals surface area contributed by atoms with Gasteiger partial charge in [0.25, 0.3) is 0 Å². The van der Waals surface area contributed by atoms with Gasteiger partial charge in [-0.05, 0) is 139 Å². The molecular weight excluding hydrogens is 1550 g/mol. The van der Waals surface area contributed by atoms with E-state index in [2.05, 4.69) is 64.1 Å². The number of fused-ring (bicyclic) bond motifs is 9. The third-order valence-corrected chi connectivity index (χ3v) is 20.8. The van der Waals surface area contributed by atoms with E-state index in [0.717, 1.165) is 50.5 Å². The maximum absolute atomic E-state index is 16.0. The van der Waals surface area contributed by atoms with Crippen LogP contribution in [0.5, 0.6) is 0 Å². The monoisotopic (exact) mass is 1600 g/mol. The summed E-state index contributed by atoms with van der Waals surface area (Å²) in [6.45, 7) is 0. The second kappa shape index (κ2) is 31.6. The van der Waals surface area contributed by atoms with Crippen LogP contribution in [-0.2, 0) is 0 Å². The molecule has 0 bridgehead atoms. The lowest BCUT2D eigenvalue weighted by Crippen LogP contribution is -2.11. The van der Waals surface area contributed by atoms with Gasteiger partial charge in [-0.15, -0.1) is 0 Å². The highest BCUT2D eigenvalue weighted by atomic mass is 19.2. The van der Waals surface area contributed by atoms with Crippen LogP contribution in [0, 0.1) is 58.2 Å². The molecule has 0 spiro atoms. The molecule has 21 aromatic rings. The average molecular weight is 1600 g/mol. The fourth-order valence-electron chi connectivity index (χ4n) is 15.3. The first-order valence-electron chi connectivity index (χ1n) is 38.0. The van der Waals surface area contributed by atoms with E-state index in [-0.39, 0.29) is 46.2 Å². The van der Waals surface area contributed by atoms with Crippen molar-refractivity contribution in [3.8, 4) is 119 Å². The number of nitrogens with zero attached hydrogens (tertiary/aromatic N) is 12. The Hall–Kier alpha value is -16.0. The summed E-state index contributed by atoms with van der Waals surface area (Å²) in [4.78, 5) is 39.6. The summed E-state index contributed by atoms with van der Waals surface area (Å²) in [6.07, 6.45) is 4.81. The molecule has 0 aliphatic heterocycles. The summed E-state index contributed by atoms with van der Waals surface area (Å²) in [7, 11) is 0. The zero-order valence-electron chi connectivity index (χ0n) is 63.0. The van der Waals surface area contributed by atoms with Crippen molar-refractivity contribution in [3.63, 3.8) is 0 Å². The number of pyridine rings is 4. The average Bonchev–Trinajstić information content (AvgIpc) is 1.64. The minimum absolute atomic E-state index is 0.0134. The molecule has 0 saturated heterocycles. The van der Waals surface area contributed by atoms with Crippen LogP contribution in [0.1, 0.15) is 0 Å². The van der Waals surface area contributed by atoms with Gasteiger partial charge >= 0.3 is 0 Å². The first kappa shape index (κ1) is 75.1. The largest absolute Gasteiger partial charge is 0.309 e. The molecule has 12 aromatic carbocycles. The van der Waals surface area contributed by atoms with E-state index >= 15 is 35.1 Å². The van der Waals surface area contributed by atoms with E-state index in [0.29, 0.717) is 71.2 Å². The zero-order valence-corrected chi connectivity index (χ0v) is 63.0. The van der Waals surface area contributed by atoms with Crippen molar-refractivity contribution >= 4 is 65.4 Å². The Labute approximate surface area is 681 Å². The van der Waals surface area contributed by atoms with Crippen LogP contribution in [-0.4, -0.2) is 58.6 Å². The van der Waals surface area contributed by atoms with Gasteiger partial charge in [0.15, 0.2) is 69.8 Å². The van der Waals surface area contributed by atoms with Gasteiger partial charge in [0.1, 0.15) is 28.7 Å². The fraction of sp³-hybridized carbons (Fsp3) is 0. The molecule has 0 aliphatic rings. The van der Waals surface area contributed by atoms with E-state index in [9.17, 15) is 8.78 Å². The Morgan fingerprint density at radius 2 is 0.545 bits per heavy atom. The molecule has 0 atom stereocenters. The first-order valence-corrected chi connectivity index (χ1v) is 38.0. The lowest BCUT2D eigenvalue weighted by atomic mass is 10.0.